The van der Waals surface area contributed by atoms with Gasteiger partial charge in [0.05, 0.1) is 18.8 Å². The second kappa shape index (κ2) is 10.8. The second-order valence-electron chi connectivity index (χ2n) is 7.35. The smallest absolute Gasteiger partial charge is 0.303 e. The van der Waals surface area contributed by atoms with Crippen LogP contribution < -0.4 is 4.74 Å². The van der Waals surface area contributed by atoms with Gasteiger partial charge in [-0.3, -0.25) is 4.79 Å². The Hall–Kier alpha value is -1.46. The van der Waals surface area contributed by atoms with Gasteiger partial charge in [-0.2, -0.15) is 11.8 Å². The first-order chi connectivity index (χ1) is 13.2. The number of rotatable bonds is 12. The molecule has 2 fully saturated rings. The first-order valence-electron chi connectivity index (χ1n) is 10.0. The van der Waals surface area contributed by atoms with Crippen LogP contribution in [0.3, 0.4) is 0 Å². The maximum absolute atomic E-state index is 10.5. The Bertz CT molecular complexity index is 604. The van der Waals surface area contributed by atoms with Crippen LogP contribution in [0.4, 0.5) is 0 Å². The first-order valence-corrected chi connectivity index (χ1v) is 11.2. The topological polar surface area (TPSA) is 55.8 Å². The number of unbranched alkanes of at least 4 members (excludes halogenated alkanes) is 1. The van der Waals surface area contributed by atoms with Crippen LogP contribution in [0.2, 0.25) is 0 Å². The molecule has 2 heterocycles. The van der Waals surface area contributed by atoms with E-state index in [2.05, 4.69) is 12.2 Å². The summed E-state index contributed by atoms with van der Waals surface area (Å²) in [5, 5.41) is 8.68. The molecule has 0 amide bonds. The fraction of sp³-hybridized carbons (Fsp3) is 0.591. The highest BCUT2D eigenvalue weighted by atomic mass is 32.2. The molecule has 0 spiro atoms. The van der Waals surface area contributed by atoms with E-state index in [1.54, 1.807) is 0 Å². The standard InChI is InChI=1S/C22H30O4S/c23-22(24)11-7-2-1-6-10-18-19(21-13-12-20(18)26-21)16-27-15-14-25-17-8-4-3-5-9-17/h1,3-6,8-9,18-21H,2,7,10-16H2,(H,23,24)/b6-1-/t18-,19+,20-,21+/m1/s1. The Morgan fingerprint density at radius 2 is 1.96 bits per heavy atom. The molecule has 1 N–H and O–H groups in total. The van der Waals surface area contributed by atoms with E-state index < -0.39 is 5.97 Å². The number of carboxylic acid groups (broad SMARTS) is 1. The van der Waals surface area contributed by atoms with Crippen molar-refractivity contribution in [2.24, 2.45) is 11.8 Å². The molecule has 148 valence electrons. The van der Waals surface area contributed by atoms with Gasteiger partial charge in [0, 0.05) is 12.2 Å². The fourth-order valence-corrected chi connectivity index (χ4v) is 5.23. The predicted molar refractivity (Wildman–Crippen MR) is 109 cm³/mol. The molecule has 1 aromatic carbocycles. The van der Waals surface area contributed by atoms with Gasteiger partial charge >= 0.3 is 5.97 Å². The number of ether oxygens (including phenoxy) is 2. The quantitative estimate of drug-likeness (QED) is 0.411. The molecule has 3 rings (SSSR count). The maximum Gasteiger partial charge on any atom is 0.303 e. The average molecular weight is 391 g/mol. The number of fused-ring (bicyclic) bond motifs is 2. The van der Waals surface area contributed by atoms with Crippen molar-refractivity contribution in [2.45, 2.75) is 50.7 Å². The Morgan fingerprint density at radius 1 is 1.19 bits per heavy atom. The third-order valence-electron chi connectivity index (χ3n) is 5.48. The molecular formula is C22H30O4S. The fourth-order valence-electron chi connectivity index (χ4n) is 4.12. The molecule has 27 heavy (non-hydrogen) atoms. The molecule has 1 aromatic rings. The van der Waals surface area contributed by atoms with Gasteiger partial charge in [0.15, 0.2) is 0 Å². The van der Waals surface area contributed by atoms with E-state index in [4.69, 9.17) is 14.6 Å². The Kier molecular flexibility index (Phi) is 8.09. The van der Waals surface area contributed by atoms with Gasteiger partial charge < -0.3 is 14.6 Å². The zero-order valence-electron chi connectivity index (χ0n) is 15.8. The van der Waals surface area contributed by atoms with E-state index in [9.17, 15) is 4.79 Å². The second-order valence-corrected chi connectivity index (χ2v) is 8.50. The van der Waals surface area contributed by atoms with Gasteiger partial charge in [-0.1, -0.05) is 30.4 Å². The number of carbonyl (C=O) groups is 1. The Morgan fingerprint density at radius 3 is 2.74 bits per heavy atom. The summed E-state index contributed by atoms with van der Waals surface area (Å²) in [6.07, 6.45) is 10.5. The number of para-hydroxylation sites is 1. The first kappa shape index (κ1) is 20.3. The number of thioether (sulfide) groups is 1. The van der Waals surface area contributed by atoms with E-state index in [1.807, 2.05) is 42.1 Å². The summed E-state index contributed by atoms with van der Waals surface area (Å²) in [5.41, 5.74) is 0. The van der Waals surface area contributed by atoms with Crippen molar-refractivity contribution in [1.29, 1.82) is 0 Å². The zero-order valence-corrected chi connectivity index (χ0v) is 16.6. The number of allylic oxidation sites excluding steroid dienone is 2. The average Bonchev–Trinajstić information content (AvgIpc) is 3.27. The summed E-state index contributed by atoms with van der Waals surface area (Å²) >= 11 is 1.97. The minimum Gasteiger partial charge on any atom is -0.493 e. The summed E-state index contributed by atoms with van der Waals surface area (Å²) in [6, 6.07) is 9.97. The molecule has 0 aromatic heterocycles. The molecule has 0 aliphatic carbocycles. The summed E-state index contributed by atoms with van der Waals surface area (Å²) in [4.78, 5) is 10.5. The highest BCUT2D eigenvalue weighted by Crippen LogP contribution is 2.46. The van der Waals surface area contributed by atoms with Crippen molar-refractivity contribution in [2.75, 3.05) is 18.1 Å². The van der Waals surface area contributed by atoms with Crippen LogP contribution in [-0.2, 0) is 9.53 Å². The lowest BCUT2D eigenvalue weighted by Crippen LogP contribution is -2.28. The van der Waals surface area contributed by atoms with E-state index >= 15 is 0 Å². The third kappa shape index (κ3) is 6.28. The maximum atomic E-state index is 10.5. The predicted octanol–water partition coefficient (Wildman–Crippen LogP) is 4.79. The molecule has 0 radical (unpaired) electrons. The lowest BCUT2D eigenvalue weighted by molar-refractivity contribution is -0.137. The van der Waals surface area contributed by atoms with Crippen LogP contribution in [-0.4, -0.2) is 41.4 Å². The van der Waals surface area contributed by atoms with Crippen LogP contribution in [0.25, 0.3) is 0 Å². The van der Waals surface area contributed by atoms with Gasteiger partial charge in [-0.25, -0.2) is 0 Å². The molecule has 4 atom stereocenters. The highest BCUT2D eigenvalue weighted by Gasteiger charge is 2.47. The third-order valence-corrected chi connectivity index (χ3v) is 6.55. The Balaban J connectivity index is 1.35. The van der Waals surface area contributed by atoms with Crippen molar-refractivity contribution in [3.05, 3.63) is 42.5 Å². The molecule has 2 saturated heterocycles. The minimum absolute atomic E-state index is 0.256. The molecule has 5 heteroatoms. The van der Waals surface area contributed by atoms with Crippen molar-refractivity contribution in [3.63, 3.8) is 0 Å². The largest absolute Gasteiger partial charge is 0.493 e. The number of aliphatic carboxylic acids is 1. The molecular weight excluding hydrogens is 360 g/mol. The van der Waals surface area contributed by atoms with Crippen molar-refractivity contribution in [1.82, 2.24) is 0 Å². The van der Waals surface area contributed by atoms with Gasteiger partial charge in [0.2, 0.25) is 0 Å². The van der Waals surface area contributed by atoms with Crippen molar-refractivity contribution >= 4 is 17.7 Å². The van der Waals surface area contributed by atoms with Gasteiger partial charge in [0.1, 0.15) is 5.75 Å². The van der Waals surface area contributed by atoms with Crippen LogP contribution >= 0.6 is 11.8 Å². The molecule has 0 unspecified atom stereocenters. The van der Waals surface area contributed by atoms with Gasteiger partial charge in [-0.15, -0.1) is 0 Å². The zero-order chi connectivity index (χ0) is 18.9. The SMILES string of the molecule is O=C(O)CCC/C=C\C[C@@H]1[C@H](CSCCOc2ccccc2)[C@@H]2CC[C@H]1O2. The van der Waals surface area contributed by atoms with Crippen LogP contribution in [0, 0.1) is 11.8 Å². The number of carboxylic acids is 1. The lowest BCUT2D eigenvalue weighted by atomic mass is 9.78. The Labute approximate surface area is 166 Å². The summed E-state index contributed by atoms with van der Waals surface area (Å²) in [6.45, 7) is 0.741. The van der Waals surface area contributed by atoms with Crippen LogP contribution in [0.1, 0.15) is 38.5 Å². The number of hydrogen-bond donors (Lipinski definition) is 1. The van der Waals surface area contributed by atoms with Crippen LogP contribution in [0.15, 0.2) is 42.5 Å². The van der Waals surface area contributed by atoms with Gasteiger partial charge in [0.25, 0.3) is 0 Å². The normalized spacial score (nSPS) is 26.7. The lowest BCUT2D eigenvalue weighted by Gasteiger charge is -2.27. The van der Waals surface area contributed by atoms with Crippen LogP contribution in [0.5, 0.6) is 5.75 Å². The van der Waals surface area contributed by atoms with E-state index in [0.29, 0.717) is 24.0 Å². The monoisotopic (exact) mass is 390 g/mol. The van der Waals surface area contributed by atoms with E-state index in [-0.39, 0.29) is 6.42 Å². The summed E-state index contributed by atoms with van der Waals surface area (Å²) in [5.74, 6) is 3.61. The highest BCUT2D eigenvalue weighted by molar-refractivity contribution is 7.99. The molecule has 2 aliphatic rings. The number of benzene rings is 1. The summed E-state index contributed by atoms with van der Waals surface area (Å²) in [7, 11) is 0. The van der Waals surface area contributed by atoms with E-state index in [0.717, 1.165) is 43.1 Å². The summed E-state index contributed by atoms with van der Waals surface area (Å²) < 4.78 is 12.0. The van der Waals surface area contributed by atoms with Gasteiger partial charge in [-0.05, 0) is 61.8 Å². The van der Waals surface area contributed by atoms with Crippen molar-refractivity contribution in [3.8, 4) is 5.75 Å². The molecule has 2 bridgehead atoms. The number of hydrogen-bond acceptors (Lipinski definition) is 4. The minimum atomic E-state index is -0.710. The van der Waals surface area contributed by atoms with Crippen molar-refractivity contribution < 1.29 is 19.4 Å². The molecule has 2 aliphatic heterocycles. The molecule has 4 nitrogen and oxygen atoms in total. The molecule has 0 saturated carbocycles. The van der Waals surface area contributed by atoms with E-state index in [1.165, 1.54) is 12.8 Å².